The zero-order chi connectivity index (χ0) is 7.11. The van der Waals surface area contributed by atoms with Crippen LogP contribution in [0.5, 0.6) is 0 Å². The van der Waals surface area contributed by atoms with E-state index >= 15 is 0 Å². The Hall–Kier alpha value is -0.780. The minimum atomic E-state index is -0.0819. The van der Waals surface area contributed by atoms with E-state index < -0.39 is 0 Å². The number of nitrogens with two attached hydrogens (primary N) is 1. The fraction of sp³-hybridized carbons (Fsp3) is 0.667. The van der Waals surface area contributed by atoms with Crippen molar-refractivity contribution in [2.75, 3.05) is 12.3 Å². The molecule has 0 atom stereocenters. The van der Waals surface area contributed by atoms with E-state index in [4.69, 9.17) is 11.1 Å². The van der Waals surface area contributed by atoms with Crippen molar-refractivity contribution in [2.45, 2.75) is 0 Å². The fourth-order valence-corrected chi connectivity index (χ4v) is 0.536. The molecule has 6 heteroatoms. The summed E-state index contributed by atoms with van der Waals surface area (Å²) >= 11 is 0.905. The molecule has 5 nitrogen and oxygen atoms in total. The largest absolute Gasteiger partial charge is 0.370 e. The van der Waals surface area contributed by atoms with Gasteiger partial charge in [-0.25, -0.2) is 0 Å². The highest BCUT2D eigenvalue weighted by molar-refractivity contribution is 7.97. The molecule has 0 fully saturated rings. The highest BCUT2D eigenvalue weighted by Gasteiger charge is 1.86. The SMILES string of the molecule is N=C(N)NCCSN=O. The molecule has 0 aliphatic heterocycles. The maximum Gasteiger partial charge on any atom is 0.185 e. The maximum atomic E-state index is 9.45. The molecule has 0 saturated carbocycles. The topological polar surface area (TPSA) is 91.3 Å². The van der Waals surface area contributed by atoms with Crippen LogP contribution in [0.25, 0.3) is 0 Å². The van der Waals surface area contributed by atoms with Crippen LogP contribution < -0.4 is 11.1 Å². The third kappa shape index (κ3) is 7.22. The predicted octanol–water partition coefficient (Wildman–Crippen LogP) is -0.116. The molecule has 4 N–H and O–H groups in total. The monoisotopic (exact) mass is 148 g/mol. The van der Waals surface area contributed by atoms with E-state index in [-0.39, 0.29) is 5.96 Å². The lowest BCUT2D eigenvalue weighted by Crippen LogP contribution is -2.31. The Bertz CT molecular complexity index is 106. The van der Waals surface area contributed by atoms with Gasteiger partial charge >= 0.3 is 0 Å². The first-order valence-electron chi connectivity index (χ1n) is 2.30. The van der Waals surface area contributed by atoms with Crippen molar-refractivity contribution in [1.29, 1.82) is 5.41 Å². The second-order valence-corrected chi connectivity index (χ2v) is 2.06. The summed E-state index contributed by atoms with van der Waals surface area (Å²) in [6.07, 6.45) is 0. The van der Waals surface area contributed by atoms with Gasteiger partial charge in [-0.1, -0.05) is 0 Å². The fourth-order valence-electron chi connectivity index (χ4n) is 0.269. The molecule has 0 aromatic rings. The molecule has 0 heterocycles. The molecule has 0 amide bonds. The van der Waals surface area contributed by atoms with Crippen molar-refractivity contribution in [1.82, 2.24) is 5.32 Å². The third-order valence-electron chi connectivity index (χ3n) is 0.562. The molecular formula is C3H8N4OS. The smallest absolute Gasteiger partial charge is 0.185 e. The second-order valence-electron chi connectivity index (χ2n) is 1.25. The van der Waals surface area contributed by atoms with Crippen LogP contribution in [0.4, 0.5) is 0 Å². The quantitative estimate of drug-likeness (QED) is 0.170. The Kier molecular flexibility index (Phi) is 4.89. The molecule has 0 radical (unpaired) electrons. The van der Waals surface area contributed by atoms with Crippen molar-refractivity contribution in [3.8, 4) is 0 Å². The van der Waals surface area contributed by atoms with Crippen molar-refractivity contribution < 1.29 is 0 Å². The molecule has 0 spiro atoms. The Morgan fingerprint density at radius 3 is 3.00 bits per heavy atom. The van der Waals surface area contributed by atoms with Crippen LogP contribution in [0.3, 0.4) is 0 Å². The van der Waals surface area contributed by atoms with E-state index in [0.717, 1.165) is 11.9 Å². The Morgan fingerprint density at radius 1 is 1.89 bits per heavy atom. The second kappa shape index (κ2) is 5.36. The summed E-state index contributed by atoms with van der Waals surface area (Å²) in [6.45, 7) is 0.506. The van der Waals surface area contributed by atoms with Gasteiger partial charge in [-0.2, -0.15) is 0 Å². The Balaban J connectivity index is 2.91. The van der Waals surface area contributed by atoms with Gasteiger partial charge in [0, 0.05) is 28.8 Å². The Labute approximate surface area is 57.0 Å². The molecule has 0 aromatic heterocycles. The number of nitrogens with one attached hydrogen (secondary N) is 2. The first-order chi connectivity index (χ1) is 4.27. The van der Waals surface area contributed by atoms with Crippen LogP contribution in [0, 0.1) is 10.3 Å². The van der Waals surface area contributed by atoms with E-state index in [1.54, 1.807) is 0 Å². The molecule has 0 unspecified atom stereocenters. The normalized spacial score (nSPS) is 8.44. The third-order valence-corrected chi connectivity index (χ3v) is 1.05. The number of nitrogens with zero attached hydrogens (tertiary/aromatic N) is 1. The number of rotatable bonds is 4. The predicted molar refractivity (Wildman–Crippen MR) is 38.2 cm³/mol. The lowest BCUT2D eigenvalue weighted by molar-refractivity contribution is 0.955. The molecule has 9 heavy (non-hydrogen) atoms. The van der Waals surface area contributed by atoms with Crippen LogP contribution >= 0.6 is 11.9 Å². The maximum absolute atomic E-state index is 9.45. The highest BCUT2D eigenvalue weighted by atomic mass is 32.2. The average Bonchev–Trinajstić information content (AvgIpc) is 1.80. The van der Waals surface area contributed by atoms with Crippen LogP contribution in [0.1, 0.15) is 0 Å². The number of guanidine groups is 1. The van der Waals surface area contributed by atoms with Crippen LogP contribution in [0.15, 0.2) is 4.58 Å². The average molecular weight is 148 g/mol. The Morgan fingerprint density at radius 2 is 2.56 bits per heavy atom. The van der Waals surface area contributed by atoms with Gasteiger partial charge in [-0.15, -0.1) is 4.91 Å². The lowest BCUT2D eigenvalue weighted by Gasteiger charge is -1.97. The summed E-state index contributed by atoms with van der Waals surface area (Å²) in [7, 11) is 0. The van der Waals surface area contributed by atoms with Crippen molar-refractivity contribution in [2.24, 2.45) is 10.3 Å². The van der Waals surface area contributed by atoms with Gasteiger partial charge in [0.05, 0.1) is 0 Å². The van der Waals surface area contributed by atoms with E-state index in [2.05, 4.69) is 9.90 Å². The van der Waals surface area contributed by atoms with Crippen LogP contribution in [0.2, 0.25) is 0 Å². The molecule has 0 aromatic carbocycles. The lowest BCUT2D eigenvalue weighted by atomic mass is 10.7. The highest BCUT2D eigenvalue weighted by Crippen LogP contribution is 1.96. The van der Waals surface area contributed by atoms with Crippen molar-refractivity contribution in [3.05, 3.63) is 4.91 Å². The summed E-state index contributed by atoms with van der Waals surface area (Å²) in [5, 5.41) is 9.20. The molecule has 52 valence electrons. The minimum Gasteiger partial charge on any atom is -0.370 e. The van der Waals surface area contributed by atoms with Gasteiger partial charge in [0.1, 0.15) is 0 Å². The summed E-state index contributed by atoms with van der Waals surface area (Å²) in [5.74, 6) is 0.463. The van der Waals surface area contributed by atoms with Gasteiger partial charge in [0.15, 0.2) is 5.96 Å². The summed E-state index contributed by atoms with van der Waals surface area (Å²) in [5.41, 5.74) is 4.93. The number of hydrogen-bond donors (Lipinski definition) is 3. The van der Waals surface area contributed by atoms with E-state index in [1.165, 1.54) is 0 Å². The van der Waals surface area contributed by atoms with Gasteiger partial charge in [-0.3, -0.25) is 5.41 Å². The summed E-state index contributed by atoms with van der Waals surface area (Å²) in [4.78, 5) is 9.45. The van der Waals surface area contributed by atoms with Gasteiger partial charge in [0.2, 0.25) is 0 Å². The zero-order valence-corrected chi connectivity index (χ0v) is 5.57. The van der Waals surface area contributed by atoms with Gasteiger partial charge in [0.25, 0.3) is 0 Å². The van der Waals surface area contributed by atoms with Crippen molar-refractivity contribution in [3.63, 3.8) is 0 Å². The van der Waals surface area contributed by atoms with E-state index in [1.807, 2.05) is 0 Å². The van der Waals surface area contributed by atoms with Crippen molar-refractivity contribution >= 4 is 17.9 Å². The van der Waals surface area contributed by atoms with Gasteiger partial charge < -0.3 is 11.1 Å². The number of hydrogen-bond acceptors (Lipinski definition) is 4. The van der Waals surface area contributed by atoms with E-state index in [9.17, 15) is 4.91 Å². The summed E-state index contributed by atoms with van der Waals surface area (Å²) < 4.78 is 2.55. The summed E-state index contributed by atoms with van der Waals surface area (Å²) in [6, 6.07) is 0. The first kappa shape index (κ1) is 8.22. The van der Waals surface area contributed by atoms with Crippen LogP contribution in [-0.2, 0) is 0 Å². The molecular weight excluding hydrogens is 140 g/mol. The molecule has 0 aliphatic carbocycles. The van der Waals surface area contributed by atoms with Crippen LogP contribution in [-0.4, -0.2) is 18.3 Å². The minimum absolute atomic E-state index is 0.0819. The molecule has 0 rings (SSSR count). The van der Waals surface area contributed by atoms with E-state index in [0.29, 0.717) is 12.3 Å². The van der Waals surface area contributed by atoms with Gasteiger partial charge in [-0.05, 0) is 0 Å². The standard InChI is InChI=1S/C3H8N4OS/c4-3(5)6-1-2-9-7-8/h1-2H2,(H4,4,5,6). The molecule has 0 bridgehead atoms. The first-order valence-corrected chi connectivity index (χ1v) is 3.24. The zero-order valence-electron chi connectivity index (χ0n) is 4.76. The molecule has 0 aliphatic rings. The number of nitroso groups, excluding NO2 is 1. The molecule has 0 saturated heterocycles.